The normalized spacial score (nSPS) is 11.9. The van der Waals surface area contributed by atoms with E-state index in [1.807, 2.05) is 87.8 Å². The summed E-state index contributed by atoms with van der Waals surface area (Å²) in [5, 5.41) is 23.1. The molecule has 0 bridgehead atoms. The average molecular weight is 595 g/mol. The van der Waals surface area contributed by atoms with Crippen molar-refractivity contribution in [3.8, 4) is 22.9 Å². The van der Waals surface area contributed by atoms with Crippen LogP contribution in [-0.2, 0) is 11.3 Å². The third kappa shape index (κ3) is 6.70. The van der Waals surface area contributed by atoms with Gasteiger partial charge in [0.25, 0.3) is 0 Å². The minimum atomic E-state index is -0.798. The molecule has 228 valence electrons. The molecule has 10 nitrogen and oxygen atoms in total. The first-order valence-electron chi connectivity index (χ1n) is 14.6. The molecule has 5 rings (SSSR count). The number of nitrogens with zero attached hydrogens (tertiary/aromatic N) is 3. The summed E-state index contributed by atoms with van der Waals surface area (Å²) in [7, 11) is 0. The van der Waals surface area contributed by atoms with E-state index in [4.69, 9.17) is 15.2 Å². The first-order valence-corrected chi connectivity index (χ1v) is 14.6. The average Bonchev–Trinajstić information content (AvgIpc) is 3.32. The summed E-state index contributed by atoms with van der Waals surface area (Å²) < 4.78 is 13.7. The van der Waals surface area contributed by atoms with E-state index in [1.165, 1.54) is 0 Å². The van der Waals surface area contributed by atoms with Crippen molar-refractivity contribution in [1.29, 1.82) is 0 Å². The van der Waals surface area contributed by atoms with E-state index in [-0.39, 0.29) is 24.3 Å². The maximum atomic E-state index is 14.0. The summed E-state index contributed by atoms with van der Waals surface area (Å²) in [6.45, 7) is 10.3. The molecule has 0 spiro atoms. The Morgan fingerprint density at radius 1 is 1.02 bits per heavy atom. The highest BCUT2D eigenvalue weighted by Gasteiger charge is 2.24. The molecule has 2 heterocycles. The van der Waals surface area contributed by atoms with E-state index in [0.717, 1.165) is 33.5 Å². The predicted molar refractivity (Wildman–Crippen MR) is 172 cm³/mol. The number of nitrogen functional groups attached to an aromatic ring is 1. The Labute approximate surface area is 256 Å². The maximum Gasteiger partial charge on any atom is 0.247 e. The van der Waals surface area contributed by atoms with E-state index < -0.39 is 6.04 Å². The number of rotatable bonds is 11. The molecule has 0 saturated carbocycles. The summed E-state index contributed by atoms with van der Waals surface area (Å²) in [4.78, 5) is 18.2. The first-order chi connectivity index (χ1) is 21.1. The summed E-state index contributed by atoms with van der Waals surface area (Å²) >= 11 is 0. The topological polar surface area (TPSA) is 137 Å². The Balaban J connectivity index is 1.49. The summed E-state index contributed by atoms with van der Waals surface area (Å²) in [6, 6.07) is 19.3. The van der Waals surface area contributed by atoms with Gasteiger partial charge in [-0.25, -0.2) is 9.67 Å². The van der Waals surface area contributed by atoms with Crippen LogP contribution in [0.25, 0.3) is 16.5 Å². The van der Waals surface area contributed by atoms with Gasteiger partial charge in [0, 0.05) is 35.1 Å². The number of aromatic hydroxyl groups is 1. The molecule has 0 saturated heterocycles. The number of aryl methyl sites for hydroxylation is 2. The van der Waals surface area contributed by atoms with Gasteiger partial charge in [-0.15, -0.1) is 0 Å². The Hall–Kier alpha value is -5.25. The number of nitrogens with two attached hydrogens (primary N) is 1. The van der Waals surface area contributed by atoms with E-state index in [2.05, 4.69) is 20.7 Å². The summed E-state index contributed by atoms with van der Waals surface area (Å²) in [6.07, 6.45) is 1.61. The van der Waals surface area contributed by atoms with Crippen LogP contribution in [0.4, 0.5) is 11.5 Å². The molecule has 5 N–H and O–H groups in total. The third-order valence-corrected chi connectivity index (χ3v) is 7.09. The number of aromatic nitrogens is 3. The maximum absolute atomic E-state index is 14.0. The zero-order chi connectivity index (χ0) is 31.4. The SMILES string of the molecule is CCOc1cc(C(Nc2ccc3c(N)nccc3c2)C(=O)NCc2cc(O)ccc2-n2nc(C)cc2C)ccc1OC(C)C. The van der Waals surface area contributed by atoms with E-state index in [9.17, 15) is 9.90 Å². The molecule has 1 atom stereocenters. The van der Waals surface area contributed by atoms with Crippen molar-refractivity contribution in [2.24, 2.45) is 0 Å². The van der Waals surface area contributed by atoms with Gasteiger partial charge in [0.2, 0.25) is 5.91 Å². The number of ether oxygens (including phenoxy) is 2. The van der Waals surface area contributed by atoms with Crippen molar-refractivity contribution in [2.75, 3.05) is 17.7 Å². The second kappa shape index (κ2) is 12.9. The molecule has 2 aromatic heterocycles. The first kappa shape index (κ1) is 30.2. The zero-order valence-corrected chi connectivity index (χ0v) is 25.6. The van der Waals surface area contributed by atoms with Crippen LogP contribution in [0.1, 0.15) is 49.3 Å². The predicted octanol–water partition coefficient (Wildman–Crippen LogP) is 5.98. The lowest BCUT2D eigenvalue weighted by Crippen LogP contribution is -2.33. The number of anilines is 2. The Morgan fingerprint density at radius 2 is 1.84 bits per heavy atom. The zero-order valence-electron chi connectivity index (χ0n) is 25.6. The minimum Gasteiger partial charge on any atom is -0.508 e. The van der Waals surface area contributed by atoms with Crippen LogP contribution >= 0.6 is 0 Å². The number of hydrogen-bond acceptors (Lipinski definition) is 8. The second-order valence-corrected chi connectivity index (χ2v) is 10.9. The lowest BCUT2D eigenvalue weighted by molar-refractivity contribution is -0.122. The lowest BCUT2D eigenvalue weighted by Gasteiger charge is -2.23. The standard InChI is InChI=1S/C34H38N6O4/c1-6-43-31-18-24(7-12-30(31)44-20(2)3)32(38-26-8-10-28-23(16-26)13-14-36-33(28)35)34(42)37-19-25-17-27(41)9-11-29(25)40-22(5)15-21(4)39-40/h7-18,20,32,38,41H,6,19H2,1-5H3,(H2,35,36)(H,37,42). The molecule has 1 unspecified atom stereocenters. The monoisotopic (exact) mass is 594 g/mol. The Kier molecular flexibility index (Phi) is 8.89. The van der Waals surface area contributed by atoms with Crippen molar-refractivity contribution in [2.45, 2.75) is 53.3 Å². The van der Waals surface area contributed by atoms with Gasteiger partial charge in [0.05, 0.1) is 24.1 Å². The van der Waals surface area contributed by atoms with E-state index in [1.54, 1.807) is 24.4 Å². The molecule has 44 heavy (non-hydrogen) atoms. The summed E-state index contributed by atoms with van der Waals surface area (Å²) in [5.41, 5.74) is 10.8. The quantitative estimate of drug-likeness (QED) is 0.147. The van der Waals surface area contributed by atoms with Gasteiger partial charge in [-0.3, -0.25) is 4.79 Å². The number of fused-ring (bicyclic) bond motifs is 1. The molecular formula is C34H38N6O4. The van der Waals surface area contributed by atoms with Gasteiger partial charge < -0.3 is 30.9 Å². The van der Waals surface area contributed by atoms with E-state index >= 15 is 0 Å². The second-order valence-electron chi connectivity index (χ2n) is 10.9. The number of hydrogen-bond donors (Lipinski definition) is 4. The van der Waals surface area contributed by atoms with Gasteiger partial charge in [0.1, 0.15) is 17.6 Å². The van der Waals surface area contributed by atoms with Crippen LogP contribution in [0.5, 0.6) is 17.2 Å². The van der Waals surface area contributed by atoms with E-state index in [0.29, 0.717) is 35.1 Å². The van der Waals surface area contributed by atoms with Crippen LogP contribution in [0, 0.1) is 13.8 Å². The number of carbonyl (C=O) groups excluding carboxylic acids is 1. The Bertz CT molecular complexity index is 1800. The molecule has 3 aromatic carbocycles. The number of nitrogens with one attached hydrogen (secondary N) is 2. The van der Waals surface area contributed by atoms with Crippen LogP contribution in [0.15, 0.2) is 72.9 Å². The number of carbonyl (C=O) groups is 1. The van der Waals surface area contributed by atoms with Crippen LogP contribution in [0.3, 0.4) is 0 Å². The number of phenols is 1. The molecule has 0 aliphatic carbocycles. The minimum absolute atomic E-state index is 0.0458. The van der Waals surface area contributed by atoms with Crippen LogP contribution < -0.4 is 25.8 Å². The van der Waals surface area contributed by atoms with Crippen LogP contribution in [-0.4, -0.2) is 38.5 Å². The molecule has 1 amide bonds. The van der Waals surface area contributed by atoms with Gasteiger partial charge in [-0.2, -0.15) is 5.10 Å². The van der Waals surface area contributed by atoms with Crippen molar-refractivity contribution in [1.82, 2.24) is 20.1 Å². The van der Waals surface area contributed by atoms with Crippen molar-refractivity contribution in [3.05, 3.63) is 95.4 Å². The number of benzene rings is 3. The van der Waals surface area contributed by atoms with Gasteiger partial charge in [0.15, 0.2) is 11.5 Å². The lowest BCUT2D eigenvalue weighted by atomic mass is 10.0. The third-order valence-electron chi connectivity index (χ3n) is 7.09. The van der Waals surface area contributed by atoms with Crippen molar-refractivity contribution in [3.63, 3.8) is 0 Å². The number of amides is 1. The summed E-state index contributed by atoms with van der Waals surface area (Å²) in [5.74, 6) is 1.42. The number of phenolic OH excluding ortho intramolecular Hbond substituents is 1. The van der Waals surface area contributed by atoms with Crippen molar-refractivity contribution < 1.29 is 19.4 Å². The Morgan fingerprint density at radius 3 is 2.57 bits per heavy atom. The molecular weight excluding hydrogens is 556 g/mol. The molecule has 5 aromatic rings. The van der Waals surface area contributed by atoms with Gasteiger partial charge in [-0.05, 0) is 106 Å². The fraction of sp³-hybridized carbons (Fsp3) is 0.265. The molecule has 0 radical (unpaired) electrons. The number of pyridine rings is 1. The fourth-order valence-electron chi connectivity index (χ4n) is 5.16. The fourth-order valence-corrected chi connectivity index (χ4v) is 5.16. The van der Waals surface area contributed by atoms with Gasteiger partial charge >= 0.3 is 0 Å². The highest BCUT2D eigenvalue weighted by molar-refractivity contribution is 5.94. The highest BCUT2D eigenvalue weighted by Crippen LogP contribution is 2.34. The smallest absolute Gasteiger partial charge is 0.247 e. The highest BCUT2D eigenvalue weighted by atomic mass is 16.5. The largest absolute Gasteiger partial charge is 0.508 e. The molecule has 0 aliphatic rings. The molecule has 10 heteroatoms. The van der Waals surface area contributed by atoms with Crippen molar-refractivity contribution >= 4 is 28.2 Å². The molecule has 0 aliphatic heterocycles. The molecule has 0 fully saturated rings. The van der Waals surface area contributed by atoms with Crippen LogP contribution in [0.2, 0.25) is 0 Å². The van der Waals surface area contributed by atoms with Gasteiger partial charge in [-0.1, -0.05) is 6.07 Å².